The Morgan fingerprint density at radius 3 is 2.69 bits per heavy atom. The molecule has 0 amide bonds. The summed E-state index contributed by atoms with van der Waals surface area (Å²) in [4.78, 5) is 2.86. The van der Waals surface area contributed by atoms with Gasteiger partial charge in [-0.1, -0.05) is 11.6 Å². The average Bonchev–Trinajstić information content (AvgIpc) is 2.03. The Morgan fingerprint density at radius 2 is 2.23 bits per heavy atom. The molecule has 0 aromatic carbocycles. The van der Waals surface area contributed by atoms with Crippen LogP contribution in [0.2, 0.25) is 5.15 Å². The number of ether oxygens (including phenoxy) is 1. The van der Waals surface area contributed by atoms with Crippen LogP contribution in [0.4, 0.5) is 3.89 Å². The van der Waals surface area contributed by atoms with Gasteiger partial charge in [0.05, 0.1) is 13.3 Å². The van der Waals surface area contributed by atoms with E-state index in [-0.39, 0.29) is 10.9 Å². The molecule has 0 aliphatic heterocycles. The number of nitrogens with zero attached hydrogens (tertiary/aromatic N) is 1. The molecule has 4 nitrogen and oxygen atoms in total. The summed E-state index contributed by atoms with van der Waals surface area (Å²) >= 11 is 5.49. The van der Waals surface area contributed by atoms with E-state index in [1.807, 2.05) is 0 Å². The van der Waals surface area contributed by atoms with Gasteiger partial charge >= 0.3 is 10.2 Å². The number of hydrogen-bond acceptors (Lipinski definition) is 4. The fourth-order valence-corrected chi connectivity index (χ4v) is 1.29. The summed E-state index contributed by atoms with van der Waals surface area (Å²) in [6.07, 6.45) is 0.820. The predicted octanol–water partition coefficient (Wildman–Crippen LogP) is 1.40. The minimum atomic E-state index is -4.75. The highest BCUT2D eigenvalue weighted by atomic mass is 35.5. The number of aromatic nitrogens is 1. The molecule has 0 saturated carbocycles. The molecule has 0 saturated heterocycles. The van der Waals surface area contributed by atoms with Crippen LogP contribution in [-0.2, 0) is 10.2 Å². The lowest BCUT2D eigenvalue weighted by molar-refractivity contribution is 0.411. The van der Waals surface area contributed by atoms with Crippen molar-refractivity contribution in [2.45, 2.75) is 4.90 Å². The molecule has 0 unspecified atom stereocenters. The van der Waals surface area contributed by atoms with Crippen molar-refractivity contribution in [2.75, 3.05) is 7.11 Å². The van der Waals surface area contributed by atoms with Gasteiger partial charge in [0.2, 0.25) is 0 Å². The molecule has 1 aromatic heterocycles. The molecule has 0 spiro atoms. The summed E-state index contributed by atoms with van der Waals surface area (Å²) in [5.74, 6) is 0.0143. The molecule has 1 rings (SSSR count). The highest BCUT2D eigenvalue weighted by molar-refractivity contribution is 7.86. The second-order valence-electron chi connectivity index (χ2n) is 2.10. The second kappa shape index (κ2) is 3.47. The van der Waals surface area contributed by atoms with Crippen LogP contribution in [0.3, 0.4) is 0 Å². The molecular weight excluding hydrogens is 221 g/mol. The zero-order valence-corrected chi connectivity index (χ0v) is 8.06. The van der Waals surface area contributed by atoms with Crippen LogP contribution in [0.15, 0.2) is 17.2 Å². The lowest BCUT2D eigenvalue weighted by Gasteiger charge is -2.01. The third-order valence-corrected chi connectivity index (χ3v) is 2.35. The van der Waals surface area contributed by atoms with Crippen LogP contribution in [0, 0.1) is 0 Å². The van der Waals surface area contributed by atoms with Gasteiger partial charge in [-0.05, 0) is 0 Å². The van der Waals surface area contributed by atoms with Crippen LogP contribution >= 0.6 is 11.6 Å². The zero-order chi connectivity index (χ0) is 10.1. The van der Waals surface area contributed by atoms with Crippen molar-refractivity contribution >= 4 is 21.8 Å². The maximum absolute atomic E-state index is 12.4. The van der Waals surface area contributed by atoms with Crippen LogP contribution in [0.25, 0.3) is 0 Å². The summed E-state index contributed by atoms with van der Waals surface area (Å²) < 4.78 is 37.9. The van der Waals surface area contributed by atoms with Gasteiger partial charge in [0, 0.05) is 6.07 Å². The molecule has 72 valence electrons. The first-order valence-corrected chi connectivity index (χ1v) is 4.85. The maximum Gasteiger partial charge on any atom is 0.333 e. The van der Waals surface area contributed by atoms with Crippen molar-refractivity contribution in [3.63, 3.8) is 0 Å². The summed E-state index contributed by atoms with van der Waals surface area (Å²) in [5, 5.41) is -0.0186. The normalized spacial score (nSPS) is 11.3. The molecule has 1 aromatic rings. The summed E-state index contributed by atoms with van der Waals surface area (Å²) in [7, 11) is -3.48. The summed E-state index contributed by atoms with van der Waals surface area (Å²) in [5.41, 5.74) is 0. The topological polar surface area (TPSA) is 56.3 Å². The molecule has 0 atom stereocenters. The van der Waals surface area contributed by atoms with E-state index >= 15 is 0 Å². The average molecular weight is 226 g/mol. The summed E-state index contributed by atoms with van der Waals surface area (Å²) in [6, 6.07) is 0.963. The number of rotatable bonds is 2. The van der Waals surface area contributed by atoms with Gasteiger partial charge in [-0.2, -0.15) is 8.42 Å². The first-order valence-electron chi connectivity index (χ1n) is 3.09. The van der Waals surface area contributed by atoms with E-state index < -0.39 is 15.1 Å². The molecular formula is C6H5ClFNO3S. The number of pyridine rings is 1. The Hall–Kier alpha value is -0.880. The van der Waals surface area contributed by atoms with Crippen LogP contribution in [-0.4, -0.2) is 20.5 Å². The third-order valence-electron chi connectivity index (χ3n) is 1.28. The third kappa shape index (κ3) is 2.28. The quantitative estimate of drug-likeness (QED) is 0.564. The molecule has 0 aliphatic rings. The highest BCUT2D eigenvalue weighted by Crippen LogP contribution is 2.24. The van der Waals surface area contributed by atoms with E-state index in [2.05, 4.69) is 9.72 Å². The van der Waals surface area contributed by atoms with Crippen LogP contribution < -0.4 is 4.74 Å². The molecule has 0 radical (unpaired) electrons. The number of hydrogen-bond donors (Lipinski definition) is 0. The first-order chi connectivity index (χ1) is 5.95. The molecule has 13 heavy (non-hydrogen) atoms. The Morgan fingerprint density at radius 1 is 1.62 bits per heavy atom. The summed E-state index contributed by atoms with van der Waals surface area (Å²) in [6.45, 7) is 0. The Labute approximate surface area is 79.5 Å². The standard InChI is InChI=1S/C6H5ClFNO3S/c1-12-5-2-4(13(8,10)11)3-9-6(5)7/h2-3H,1H3. The van der Waals surface area contributed by atoms with E-state index in [1.165, 1.54) is 7.11 Å². The van der Waals surface area contributed by atoms with Gasteiger partial charge in [-0.15, -0.1) is 3.89 Å². The second-order valence-corrected chi connectivity index (χ2v) is 3.81. The van der Waals surface area contributed by atoms with Crippen molar-refractivity contribution in [1.82, 2.24) is 4.98 Å². The van der Waals surface area contributed by atoms with E-state index in [9.17, 15) is 12.3 Å². The van der Waals surface area contributed by atoms with Gasteiger partial charge < -0.3 is 4.74 Å². The van der Waals surface area contributed by atoms with Crippen molar-refractivity contribution in [3.8, 4) is 5.75 Å². The SMILES string of the molecule is COc1cc(S(=O)(=O)F)cnc1Cl. The largest absolute Gasteiger partial charge is 0.493 e. The van der Waals surface area contributed by atoms with Crippen molar-refractivity contribution in [1.29, 1.82) is 0 Å². The van der Waals surface area contributed by atoms with Crippen molar-refractivity contribution in [3.05, 3.63) is 17.4 Å². The van der Waals surface area contributed by atoms with Crippen LogP contribution in [0.5, 0.6) is 5.75 Å². The predicted molar refractivity (Wildman–Crippen MR) is 44.1 cm³/mol. The monoisotopic (exact) mass is 225 g/mol. The van der Waals surface area contributed by atoms with Gasteiger partial charge in [0.25, 0.3) is 0 Å². The van der Waals surface area contributed by atoms with Gasteiger partial charge in [-0.25, -0.2) is 4.98 Å². The molecule has 0 fully saturated rings. The lowest BCUT2D eigenvalue weighted by atomic mass is 10.5. The van der Waals surface area contributed by atoms with Gasteiger partial charge in [0.1, 0.15) is 4.90 Å². The minimum Gasteiger partial charge on any atom is -0.493 e. The molecule has 7 heteroatoms. The number of methoxy groups -OCH3 is 1. The minimum absolute atomic E-state index is 0.0143. The smallest absolute Gasteiger partial charge is 0.333 e. The van der Waals surface area contributed by atoms with Crippen molar-refractivity contribution in [2.24, 2.45) is 0 Å². The Bertz CT molecular complexity index is 420. The molecule has 1 heterocycles. The van der Waals surface area contributed by atoms with E-state index in [4.69, 9.17) is 11.6 Å². The molecule has 0 N–H and O–H groups in total. The fraction of sp³-hybridized carbons (Fsp3) is 0.167. The Balaban J connectivity index is 3.30. The molecule has 0 aliphatic carbocycles. The first kappa shape index (κ1) is 10.2. The number of halogens is 2. The zero-order valence-electron chi connectivity index (χ0n) is 6.49. The highest BCUT2D eigenvalue weighted by Gasteiger charge is 2.15. The van der Waals surface area contributed by atoms with Gasteiger partial charge in [0.15, 0.2) is 10.9 Å². The maximum atomic E-state index is 12.4. The Kier molecular flexibility index (Phi) is 2.72. The van der Waals surface area contributed by atoms with Crippen molar-refractivity contribution < 1.29 is 17.0 Å². The van der Waals surface area contributed by atoms with Crippen LogP contribution in [0.1, 0.15) is 0 Å². The lowest BCUT2D eigenvalue weighted by Crippen LogP contribution is -1.95. The van der Waals surface area contributed by atoms with E-state index in [1.54, 1.807) is 0 Å². The van der Waals surface area contributed by atoms with Gasteiger partial charge in [-0.3, -0.25) is 0 Å². The fourth-order valence-electron chi connectivity index (χ4n) is 0.686. The van der Waals surface area contributed by atoms with E-state index in [0.717, 1.165) is 12.3 Å². The molecule has 0 bridgehead atoms. The van der Waals surface area contributed by atoms with E-state index in [0.29, 0.717) is 0 Å².